The van der Waals surface area contributed by atoms with Crippen molar-refractivity contribution in [2.45, 2.75) is 6.54 Å². The zero-order valence-corrected chi connectivity index (χ0v) is 16.4. The summed E-state index contributed by atoms with van der Waals surface area (Å²) in [5, 5.41) is 18.0. The highest BCUT2D eigenvalue weighted by molar-refractivity contribution is 6.30. The van der Waals surface area contributed by atoms with Gasteiger partial charge < -0.3 is 10.4 Å². The molecule has 0 unspecified atom stereocenters. The Hall–Kier alpha value is -3.15. The van der Waals surface area contributed by atoms with Gasteiger partial charge in [-0.25, -0.2) is 0 Å². The molecule has 4 aromatic rings. The first-order chi connectivity index (χ1) is 14.1. The molecule has 3 aromatic carbocycles. The van der Waals surface area contributed by atoms with Gasteiger partial charge in [-0.15, -0.1) is 0 Å². The first-order valence-electron chi connectivity index (χ1n) is 9.34. The summed E-state index contributed by atoms with van der Waals surface area (Å²) in [6, 6.07) is 21.2. The molecular formula is C23H20ClN3O2. The Labute approximate surface area is 173 Å². The van der Waals surface area contributed by atoms with Crippen LogP contribution in [0.1, 0.15) is 15.9 Å². The van der Waals surface area contributed by atoms with Gasteiger partial charge in [0, 0.05) is 28.7 Å². The summed E-state index contributed by atoms with van der Waals surface area (Å²) in [6.45, 7) is 0.768. The van der Waals surface area contributed by atoms with Gasteiger partial charge in [0.25, 0.3) is 5.91 Å². The Kier molecular flexibility index (Phi) is 5.60. The quantitative estimate of drug-likeness (QED) is 0.507. The number of nitrogens with one attached hydrogen (secondary N) is 1. The highest BCUT2D eigenvalue weighted by Gasteiger charge is 2.11. The fourth-order valence-electron chi connectivity index (χ4n) is 3.35. The van der Waals surface area contributed by atoms with Crippen molar-refractivity contribution >= 4 is 28.4 Å². The molecule has 1 amide bonds. The maximum atomic E-state index is 12.2. The van der Waals surface area contributed by atoms with E-state index in [-0.39, 0.29) is 19.1 Å². The molecule has 0 aliphatic rings. The smallest absolute Gasteiger partial charge is 0.251 e. The lowest BCUT2D eigenvalue weighted by Gasteiger charge is -2.07. The number of carbonyl (C=O) groups is 1. The van der Waals surface area contributed by atoms with E-state index in [1.54, 1.807) is 6.07 Å². The fraction of sp³-hybridized carbons (Fsp3) is 0.130. The van der Waals surface area contributed by atoms with Crippen molar-refractivity contribution in [2.24, 2.45) is 0 Å². The van der Waals surface area contributed by atoms with Crippen LogP contribution in [0.25, 0.3) is 22.0 Å². The number of benzene rings is 3. The molecule has 0 saturated heterocycles. The predicted molar refractivity (Wildman–Crippen MR) is 115 cm³/mol. The Balaban J connectivity index is 1.68. The number of hydrogen-bond donors (Lipinski definition) is 2. The summed E-state index contributed by atoms with van der Waals surface area (Å²) < 4.78 is 1.90. The molecule has 146 valence electrons. The van der Waals surface area contributed by atoms with Gasteiger partial charge in [0.15, 0.2) is 0 Å². The van der Waals surface area contributed by atoms with Crippen LogP contribution in [-0.2, 0) is 6.54 Å². The number of hydrogen-bond acceptors (Lipinski definition) is 3. The molecule has 0 aliphatic carbocycles. The minimum atomic E-state index is -0.204. The number of aromatic nitrogens is 2. The van der Waals surface area contributed by atoms with Gasteiger partial charge >= 0.3 is 0 Å². The molecule has 0 saturated carbocycles. The third kappa shape index (κ3) is 4.31. The molecule has 0 fully saturated rings. The summed E-state index contributed by atoms with van der Waals surface area (Å²) in [6.07, 6.45) is 2.02. The van der Waals surface area contributed by atoms with E-state index in [0.29, 0.717) is 17.1 Å². The van der Waals surface area contributed by atoms with Crippen molar-refractivity contribution in [3.05, 3.63) is 89.1 Å². The average molecular weight is 406 g/mol. The van der Waals surface area contributed by atoms with Gasteiger partial charge in [-0.1, -0.05) is 48.0 Å². The topological polar surface area (TPSA) is 67.2 Å². The second-order valence-electron chi connectivity index (χ2n) is 6.76. The number of nitrogens with zero attached hydrogens (tertiary/aromatic N) is 2. The Morgan fingerprint density at radius 2 is 1.90 bits per heavy atom. The van der Waals surface area contributed by atoms with Crippen molar-refractivity contribution in [3.8, 4) is 11.1 Å². The van der Waals surface area contributed by atoms with Gasteiger partial charge in [-0.05, 0) is 47.0 Å². The van der Waals surface area contributed by atoms with Crippen LogP contribution >= 0.6 is 11.6 Å². The zero-order valence-electron chi connectivity index (χ0n) is 15.7. The average Bonchev–Trinajstić information content (AvgIpc) is 3.14. The third-order valence-electron chi connectivity index (χ3n) is 4.66. The van der Waals surface area contributed by atoms with Crippen LogP contribution in [0.3, 0.4) is 0 Å². The van der Waals surface area contributed by atoms with E-state index in [4.69, 9.17) is 16.7 Å². The second kappa shape index (κ2) is 8.47. The monoisotopic (exact) mass is 405 g/mol. The number of fused-ring (bicyclic) bond motifs is 1. The van der Waals surface area contributed by atoms with Crippen molar-refractivity contribution < 1.29 is 9.90 Å². The number of carbonyl (C=O) groups excluding carboxylic acids is 1. The maximum absolute atomic E-state index is 12.2. The highest BCUT2D eigenvalue weighted by atomic mass is 35.5. The van der Waals surface area contributed by atoms with E-state index < -0.39 is 0 Å². The summed E-state index contributed by atoms with van der Waals surface area (Å²) >= 11 is 6.09. The molecule has 1 heterocycles. The molecule has 4 rings (SSSR count). The Morgan fingerprint density at radius 1 is 1.07 bits per heavy atom. The summed E-state index contributed by atoms with van der Waals surface area (Å²) in [5.41, 5.74) is 4.47. The van der Waals surface area contributed by atoms with E-state index in [9.17, 15) is 4.79 Å². The lowest BCUT2D eigenvalue weighted by atomic mass is 10.00. The minimum absolute atomic E-state index is 0.0868. The first-order valence-corrected chi connectivity index (χ1v) is 9.72. The lowest BCUT2D eigenvalue weighted by molar-refractivity contribution is 0.0945. The SMILES string of the molecule is O=C(NCCO)c1cccc(-c2cccc3nn(Cc4cccc(Cl)c4)cc23)c1. The number of aliphatic hydroxyl groups excluding tert-OH is 1. The first kappa shape index (κ1) is 19.2. The number of amides is 1. The Bertz CT molecular complexity index is 1170. The van der Waals surface area contributed by atoms with Crippen LogP contribution < -0.4 is 5.32 Å². The molecular weight excluding hydrogens is 386 g/mol. The van der Waals surface area contributed by atoms with Crippen LogP contribution in [0.15, 0.2) is 72.9 Å². The molecule has 5 nitrogen and oxygen atoms in total. The molecule has 2 N–H and O–H groups in total. The molecule has 0 aliphatic heterocycles. The summed E-state index contributed by atoms with van der Waals surface area (Å²) in [5.74, 6) is -0.204. The molecule has 0 radical (unpaired) electrons. The van der Waals surface area contributed by atoms with Crippen LogP contribution in [0.5, 0.6) is 0 Å². The van der Waals surface area contributed by atoms with Gasteiger partial charge in [0.1, 0.15) is 0 Å². The minimum Gasteiger partial charge on any atom is -0.395 e. The van der Waals surface area contributed by atoms with Crippen LogP contribution in [0.2, 0.25) is 5.02 Å². The highest BCUT2D eigenvalue weighted by Crippen LogP contribution is 2.29. The van der Waals surface area contributed by atoms with Crippen LogP contribution in [-0.4, -0.2) is 33.9 Å². The van der Waals surface area contributed by atoms with Crippen molar-refractivity contribution in [1.82, 2.24) is 15.1 Å². The number of halogens is 1. The molecule has 29 heavy (non-hydrogen) atoms. The predicted octanol–water partition coefficient (Wildman–Crippen LogP) is 4.13. The van der Waals surface area contributed by atoms with E-state index in [1.165, 1.54) is 0 Å². The molecule has 6 heteroatoms. The van der Waals surface area contributed by atoms with Crippen LogP contribution in [0.4, 0.5) is 0 Å². The molecule has 0 bridgehead atoms. The number of aliphatic hydroxyl groups is 1. The zero-order chi connectivity index (χ0) is 20.2. The van der Waals surface area contributed by atoms with Crippen LogP contribution in [0, 0.1) is 0 Å². The lowest BCUT2D eigenvalue weighted by Crippen LogP contribution is -2.26. The van der Waals surface area contributed by atoms with Gasteiger partial charge in [-0.2, -0.15) is 5.10 Å². The maximum Gasteiger partial charge on any atom is 0.251 e. The van der Waals surface area contributed by atoms with Gasteiger partial charge in [-0.3, -0.25) is 9.48 Å². The number of rotatable bonds is 6. The standard InChI is InChI=1S/C23H20ClN3O2/c24-19-7-1-4-16(12-19)14-27-15-21-20(8-3-9-22(21)26-27)17-5-2-6-18(13-17)23(29)25-10-11-28/h1-9,12-13,15,28H,10-11,14H2,(H,25,29). The van der Waals surface area contributed by atoms with Crippen molar-refractivity contribution in [1.29, 1.82) is 0 Å². The van der Waals surface area contributed by atoms with Gasteiger partial charge in [0.05, 0.1) is 18.7 Å². The summed E-state index contributed by atoms with van der Waals surface area (Å²) in [7, 11) is 0. The molecule has 0 spiro atoms. The van der Waals surface area contributed by atoms with E-state index in [1.807, 2.05) is 71.5 Å². The third-order valence-corrected chi connectivity index (χ3v) is 4.90. The second-order valence-corrected chi connectivity index (χ2v) is 7.19. The van der Waals surface area contributed by atoms with Crippen molar-refractivity contribution in [2.75, 3.05) is 13.2 Å². The fourth-order valence-corrected chi connectivity index (χ4v) is 3.56. The normalized spacial score (nSPS) is 11.0. The van der Waals surface area contributed by atoms with Gasteiger partial charge in [0.2, 0.25) is 0 Å². The largest absolute Gasteiger partial charge is 0.395 e. The van der Waals surface area contributed by atoms with E-state index in [0.717, 1.165) is 27.6 Å². The molecule has 1 aromatic heterocycles. The molecule has 0 atom stereocenters. The van der Waals surface area contributed by atoms with Crippen molar-refractivity contribution in [3.63, 3.8) is 0 Å². The van der Waals surface area contributed by atoms with E-state index >= 15 is 0 Å². The van der Waals surface area contributed by atoms with E-state index in [2.05, 4.69) is 10.4 Å². The summed E-state index contributed by atoms with van der Waals surface area (Å²) in [4.78, 5) is 12.2. The Morgan fingerprint density at radius 3 is 2.72 bits per heavy atom.